The normalized spacial score (nSPS) is 22.3. The number of halogens is 1. The molecule has 11 heavy (non-hydrogen) atoms. The molecular weight excluding hydrogens is 141 g/mol. The van der Waals surface area contributed by atoms with E-state index in [1.165, 1.54) is 11.6 Å². The first-order valence-electron chi connectivity index (χ1n) is 3.65. The van der Waals surface area contributed by atoms with Crippen LogP contribution in [0.3, 0.4) is 0 Å². The third-order valence-electron chi connectivity index (χ3n) is 1.63. The van der Waals surface area contributed by atoms with Gasteiger partial charge >= 0.3 is 0 Å². The standard InChI is InChI=1S/C9H12FN/c1-8-6-11-7-9(8)4-2-3-5-10/h2-4,11H,1,5-7H2/b3-2-,9-4-. The quantitative estimate of drug-likeness (QED) is 0.635. The summed E-state index contributed by atoms with van der Waals surface area (Å²) in [6.45, 7) is 5.17. The molecule has 1 heterocycles. The van der Waals surface area contributed by atoms with Crippen LogP contribution in [0.4, 0.5) is 4.39 Å². The molecule has 0 unspecified atom stereocenters. The van der Waals surface area contributed by atoms with E-state index in [1.807, 2.05) is 6.08 Å². The van der Waals surface area contributed by atoms with Crippen molar-refractivity contribution in [1.29, 1.82) is 0 Å². The second kappa shape index (κ2) is 4.09. The second-order valence-corrected chi connectivity index (χ2v) is 2.48. The maximum Gasteiger partial charge on any atom is 0.108 e. The third-order valence-corrected chi connectivity index (χ3v) is 1.63. The van der Waals surface area contributed by atoms with E-state index in [-0.39, 0.29) is 0 Å². The maximum absolute atomic E-state index is 11.6. The van der Waals surface area contributed by atoms with Crippen LogP contribution in [-0.4, -0.2) is 19.8 Å². The highest BCUT2D eigenvalue weighted by molar-refractivity contribution is 5.37. The fourth-order valence-electron chi connectivity index (χ4n) is 0.999. The summed E-state index contributed by atoms with van der Waals surface area (Å²) in [5, 5.41) is 3.15. The van der Waals surface area contributed by atoms with Crippen molar-refractivity contribution < 1.29 is 4.39 Å². The maximum atomic E-state index is 11.6. The molecule has 1 aliphatic rings. The number of nitrogens with one attached hydrogen (secondary N) is 1. The molecule has 0 amide bonds. The van der Waals surface area contributed by atoms with E-state index in [1.54, 1.807) is 6.08 Å². The van der Waals surface area contributed by atoms with Gasteiger partial charge in [-0.2, -0.15) is 0 Å². The first-order chi connectivity index (χ1) is 5.34. The van der Waals surface area contributed by atoms with Gasteiger partial charge in [-0.05, 0) is 11.1 Å². The van der Waals surface area contributed by atoms with Crippen LogP contribution in [0.15, 0.2) is 36.0 Å². The molecule has 1 nitrogen and oxygen atoms in total. The Bertz CT molecular complexity index is 204. The third kappa shape index (κ3) is 2.31. The van der Waals surface area contributed by atoms with Crippen LogP contribution < -0.4 is 5.32 Å². The summed E-state index contributed by atoms with van der Waals surface area (Å²) in [6.07, 6.45) is 5.12. The fraction of sp³-hybridized carbons (Fsp3) is 0.333. The number of hydrogen-bond donors (Lipinski definition) is 1. The minimum Gasteiger partial charge on any atom is -0.309 e. The lowest BCUT2D eigenvalue weighted by atomic mass is 10.1. The Morgan fingerprint density at radius 3 is 2.91 bits per heavy atom. The van der Waals surface area contributed by atoms with Gasteiger partial charge in [0.1, 0.15) is 6.67 Å². The molecule has 0 aromatic rings. The molecule has 1 N–H and O–H groups in total. The lowest BCUT2D eigenvalue weighted by molar-refractivity contribution is 0.562. The molecule has 1 saturated heterocycles. The highest BCUT2D eigenvalue weighted by atomic mass is 19.1. The Balaban J connectivity index is 2.51. The number of alkyl halides is 1. The van der Waals surface area contributed by atoms with Crippen LogP contribution in [0.25, 0.3) is 0 Å². The van der Waals surface area contributed by atoms with Crippen LogP contribution >= 0.6 is 0 Å². The Kier molecular flexibility index (Phi) is 3.05. The van der Waals surface area contributed by atoms with Gasteiger partial charge in [0.05, 0.1) is 0 Å². The Labute approximate surface area is 66.3 Å². The van der Waals surface area contributed by atoms with Gasteiger partial charge in [-0.1, -0.05) is 24.8 Å². The summed E-state index contributed by atoms with van der Waals surface area (Å²) in [5.41, 5.74) is 2.28. The van der Waals surface area contributed by atoms with Crippen LogP contribution in [0.5, 0.6) is 0 Å². The van der Waals surface area contributed by atoms with Crippen LogP contribution in [-0.2, 0) is 0 Å². The molecule has 2 heteroatoms. The van der Waals surface area contributed by atoms with Crippen molar-refractivity contribution in [3.8, 4) is 0 Å². The average molecular weight is 153 g/mol. The van der Waals surface area contributed by atoms with E-state index in [2.05, 4.69) is 11.9 Å². The topological polar surface area (TPSA) is 12.0 Å². The zero-order chi connectivity index (χ0) is 8.10. The highest BCUT2D eigenvalue weighted by Gasteiger charge is 2.07. The molecule has 0 aliphatic carbocycles. The van der Waals surface area contributed by atoms with Gasteiger partial charge in [0, 0.05) is 13.1 Å². The summed E-state index contributed by atoms with van der Waals surface area (Å²) in [6, 6.07) is 0. The molecule has 0 atom stereocenters. The SMILES string of the molecule is C=C1CNC/C1=C/C=C\CF. The number of hydrogen-bond acceptors (Lipinski definition) is 1. The molecule has 60 valence electrons. The van der Waals surface area contributed by atoms with Gasteiger partial charge in [0.2, 0.25) is 0 Å². The summed E-state index contributed by atoms with van der Waals surface area (Å²) < 4.78 is 11.6. The molecule has 1 rings (SSSR count). The van der Waals surface area contributed by atoms with Gasteiger partial charge in [-0.25, -0.2) is 4.39 Å². The average Bonchev–Trinajstić information content (AvgIpc) is 2.37. The van der Waals surface area contributed by atoms with Crippen molar-refractivity contribution in [2.75, 3.05) is 19.8 Å². The summed E-state index contributed by atoms with van der Waals surface area (Å²) in [5.74, 6) is 0. The monoisotopic (exact) mass is 153 g/mol. The van der Waals surface area contributed by atoms with Crippen molar-refractivity contribution >= 4 is 0 Å². The molecule has 1 fully saturated rings. The van der Waals surface area contributed by atoms with Gasteiger partial charge in [0.25, 0.3) is 0 Å². The molecule has 0 bridgehead atoms. The summed E-state index contributed by atoms with van der Waals surface area (Å²) >= 11 is 0. The molecule has 0 spiro atoms. The van der Waals surface area contributed by atoms with E-state index in [0.29, 0.717) is 0 Å². The Hall–Kier alpha value is -0.890. The van der Waals surface area contributed by atoms with Crippen molar-refractivity contribution in [3.05, 3.63) is 36.0 Å². The minimum atomic E-state index is -0.399. The second-order valence-electron chi connectivity index (χ2n) is 2.48. The van der Waals surface area contributed by atoms with Gasteiger partial charge < -0.3 is 5.32 Å². The number of rotatable bonds is 2. The van der Waals surface area contributed by atoms with Gasteiger partial charge in [0.15, 0.2) is 0 Å². The Morgan fingerprint density at radius 1 is 1.55 bits per heavy atom. The van der Waals surface area contributed by atoms with E-state index >= 15 is 0 Å². The van der Waals surface area contributed by atoms with Crippen molar-refractivity contribution in [2.24, 2.45) is 0 Å². The molecular formula is C9H12FN. The molecule has 1 aliphatic heterocycles. The lowest BCUT2D eigenvalue weighted by Crippen LogP contribution is -2.04. The predicted molar refractivity (Wildman–Crippen MR) is 45.2 cm³/mol. The van der Waals surface area contributed by atoms with E-state index < -0.39 is 6.67 Å². The van der Waals surface area contributed by atoms with Crippen LogP contribution in [0.1, 0.15) is 0 Å². The summed E-state index contributed by atoms with van der Waals surface area (Å²) in [4.78, 5) is 0. The van der Waals surface area contributed by atoms with E-state index in [4.69, 9.17) is 0 Å². The van der Waals surface area contributed by atoms with Crippen molar-refractivity contribution in [1.82, 2.24) is 5.32 Å². The van der Waals surface area contributed by atoms with E-state index in [9.17, 15) is 4.39 Å². The minimum absolute atomic E-state index is 0.399. The first-order valence-corrected chi connectivity index (χ1v) is 3.65. The smallest absolute Gasteiger partial charge is 0.108 e. The van der Waals surface area contributed by atoms with E-state index in [0.717, 1.165) is 18.7 Å². The number of allylic oxidation sites excluding steroid dienone is 3. The zero-order valence-corrected chi connectivity index (χ0v) is 6.44. The lowest BCUT2D eigenvalue weighted by Gasteiger charge is -1.91. The predicted octanol–water partition coefficient (Wildman–Crippen LogP) is 1.60. The highest BCUT2D eigenvalue weighted by Crippen LogP contribution is 2.11. The van der Waals surface area contributed by atoms with Crippen LogP contribution in [0, 0.1) is 0 Å². The Morgan fingerprint density at radius 2 is 2.36 bits per heavy atom. The zero-order valence-electron chi connectivity index (χ0n) is 6.44. The largest absolute Gasteiger partial charge is 0.309 e. The van der Waals surface area contributed by atoms with Gasteiger partial charge in [-0.3, -0.25) is 0 Å². The molecule has 0 saturated carbocycles. The summed E-state index contributed by atoms with van der Waals surface area (Å²) in [7, 11) is 0. The fourth-order valence-corrected chi connectivity index (χ4v) is 0.999. The first kappa shape index (κ1) is 8.21. The van der Waals surface area contributed by atoms with Crippen molar-refractivity contribution in [3.63, 3.8) is 0 Å². The van der Waals surface area contributed by atoms with Gasteiger partial charge in [-0.15, -0.1) is 0 Å². The van der Waals surface area contributed by atoms with Crippen LogP contribution in [0.2, 0.25) is 0 Å². The molecule has 0 aromatic heterocycles. The van der Waals surface area contributed by atoms with Crippen molar-refractivity contribution in [2.45, 2.75) is 0 Å². The molecule has 0 aromatic carbocycles. The molecule has 0 radical (unpaired) electrons.